The van der Waals surface area contributed by atoms with Gasteiger partial charge in [-0.3, -0.25) is 16.0 Å². The van der Waals surface area contributed by atoms with Gasteiger partial charge < -0.3 is 33.7 Å². The van der Waals surface area contributed by atoms with Crippen LogP contribution in [0.2, 0.25) is 0 Å². The van der Waals surface area contributed by atoms with Crippen molar-refractivity contribution in [2.24, 2.45) is 9.98 Å². The number of carbonyl (C=O) groups excluding carboxylic acids is 6. The van der Waals surface area contributed by atoms with Gasteiger partial charge in [-0.05, 0) is 143 Å². The second-order valence-electron chi connectivity index (χ2n) is 22.3. The van der Waals surface area contributed by atoms with Crippen LogP contribution >= 0.6 is 0 Å². The summed E-state index contributed by atoms with van der Waals surface area (Å²) in [4.78, 5) is 89.1. The van der Waals surface area contributed by atoms with E-state index < -0.39 is 70.2 Å². The predicted molar refractivity (Wildman–Crippen MR) is 270 cm³/mol. The highest BCUT2D eigenvalue weighted by Gasteiger charge is 2.35. The van der Waals surface area contributed by atoms with Gasteiger partial charge in [0.15, 0.2) is 0 Å². The fraction of sp³-hybridized carbons (Fsp3) is 0.660. The minimum Gasteiger partial charge on any atom is -0.444 e. The van der Waals surface area contributed by atoms with Crippen LogP contribution in [-0.2, 0) is 28.4 Å². The molecule has 4 N–H and O–H groups in total. The first-order chi connectivity index (χ1) is 31.8. The molecule has 0 aliphatic heterocycles. The molecular weight excluding hydrogens is 905 g/mol. The van der Waals surface area contributed by atoms with Gasteiger partial charge in [-0.2, -0.15) is 0 Å². The zero-order chi connectivity index (χ0) is 53.9. The van der Waals surface area contributed by atoms with E-state index in [0.717, 1.165) is 29.1 Å². The number of nitrogens with zero attached hydrogens (tertiary/aromatic N) is 4. The van der Waals surface area contributed by atoms with E-state index in [-0.39, 0.29) is 30.8 Å². The Hall–Kier alpha value is -6.21. The van der Waals surface area contributed by atoms with Crippen LogP contribution < -0.4 is 16.0 Å². The van der Waals surface area contributed by atoms with Crippen LogP contribution in [0.25, 0.3) is 6.08 Å². The second-order valence-corrected chi connectivity index (χ2v) is 22.3. The monoisotopic (exact) mass is 987 g/mol. The predicted octanol–water partition coefficient (Wildman–Crippen LogP) is 11.1. The maximum atomic E-state index is 14.1. The van der Waals surface area contributed by atoms with E-state index in [0.29, 0.717) is 36.9 Å². The van der Waals surface area contributed by atoms with Crippen LogP contribution in [0.1, 0.15) is 174 Å². The third-order valence-corrected chi connectivity index (χ3v) is 8.04. The van der Waals surface area contributed by atoms with Gasteiger partial charge in [-0.25, -0.2) is 38.6 Å². The van der Waals surface area contributed by atoms with Gasteiger partial charge in [0.05, 0.1) is 6.54 Å². The standard InChI is InChI=1S/C50H82N8O12/c1-45(2,3)65-39(59)53-36(51)35-29-27-34(28-30-35)26-25-33-58(44(64)70-50(16,17)18)38(56-42(62)68-48(10,11)12)57(43(63)69-49(13,14)15)32-24-22-20-19-21-23-31-52-37(54-40(60)66-46(4,5)6)55-41(61)67-47(7,8)9/h25-30H,19-24,31-33H2,1-18H3,(H2,51,53,59)(H2,52,54,55,60,61)/b26-25+,56-38+. The molecule has 0 saturated carbocycles. The highest BCUT2D eigenvalue weighted by molar-refractivity contribution is 6.06. The molecule has 0 radical (unpaired) electrons. The minimum atomic E-state index is -1.05. The molecule has 70 heavy (non-hydrogen) atoms. The van der Waals surface area contributed by atoms with Crippen LogP contribution in [0.15, 0.2) is 40.3 Å². The summed E-state index contributed by atoms with van der Waals surface area (Å²) in [6.45, 7) is 30.6. The number of rotatable bonds is 13. The summed E-state index contributed by atoms with van der Waals surface area (Å²) in [5.74, 6) is -0.630. The summed E-state index contributed by atoms with van der Waals surface area (Å²) < 4.78 is 33.0. The quantitative estimate of drug-likeness (QED) is 0.0622. The Bertz CT molecular complexity index is 2020. The van der Waals surface area contributed by atoms with Crippen molar-refractivity contribution in [3.63, 3.8) is 0 Å². The van der Waals surface area contributed by atoms with E-state index in [9.17, 15) is 28.8 Å². The largest absolute Gasteiger partial charge is 0.444 e. The van der Waals surface area contributed by atoms with Crippen molar-refractivity contribution >= 4 is 60.4 Å². The molecule has 1 rings (SSSR count). The van der Waals surface area contributed by atoms with Gasteiger partial charge in [0.2, 0.25) is 11.9 Å². The molecule has 394 valence electrons. The summed E-state index contributed by atoms with van der Waals surface area (Å²) in [6, 6.07) is 6.67. The Kier molecular flexibility index (Phi) is 23.6. The van der Waals surface area contributed by atoms with Crippen molar-refractivity contribution in [3.8, 4) is 0 Å². The van der Waals surface area contributed by atoms with E-state index in [1.807, 2.05) is 0 Å². The number of nitrogens with one attached hydrogen (secondary N) is 4. The van der Waals surface area contributed by atoms with Gasteiger partial charge in [-0.1, -0.05) is 62.1 Å². The number of carbonyl (C=O) groups is 6. The molecular formula is C50H82N8O12. The first-order valence-corrected chi connectivity index (χ1v) is 23.6. The maximum absolute atomic E-state index is 14.1. The van der Waals surface area contributed by atoms with Crippen molar-refractivity contribution in [1.29, 1.82) is 5.41 Å². The number of amidine groups is 1. The van der Waals surface area contributed by atoms with E-state index >= 15 is 0 Å². The molecule has 0 aliphatic rings. The van der Waals surface area contributed by atoms with Crippen LogP contribution in [0, 0.1) is 5.41 Å². The molecule has 0 unspecified atom stereocenters. The number of alkyl carbamates (subject to hydrolysis) is 2. The van der Waals surface area contributed by atoms with Crippen molar-refractivity contribution < 1.29 is 57.2 Å². The molecule has 0 aromatic heterocycles. The summed E-state index contributed by atoms with van der Waals surface area (Å²) in [5, 5.41) is 16.2. The van der Waals surface area contributed by atoms with E-state index in [2.05, 4.69) is 25.9 Å². The third-order valence-electron chi connectivity index (χ3n) is 8.04. The molecule has 0 heterocycles. The van der Waals surface area contributed by atoms with Crippen molar-refractivity contribution in [2.75, 3.05) is 19.6 Å². The number of benzene rings is 1. The summed E-state index contributed by atoms with van der Waals surface area (Å²) in [5.41, 5.74) is -4.16. The van der Waals surface area contributed by atoms with E-state index in [4.69, 9.17) is 33.8 Å². The first kappa shape index (κ1) is 61.8. The molecule has 0 bridgehead atoms. The van der Waals surface area contributed by atoms with Crippen molar-refractivity contribution in [3.05, 3.63) is 41.5 Å². The fourth-order valence-electron chi connectivity index (χ4n) is 5.51. The molecule has 0 spiro atoms. The molecule has 0 fully saturated rings. The Labute approximate surface area is 415 Å². The fourth-order valence-corrected chi connectivity index (χ4v) is 5.51. The number of amides is 6. The van der Waals surface area contributed by atoms with Crippen molar-refractivity contribution in [2.45, 2.75) is 197 Å². The van der Waals surface area contributed by atoms with Gasteiger partial charge in [0.1, 0.15) is 39.4 Å². The topological polar surface area (TPSA) is 249 Å². The van der Waals surface area contributed by atoms with Gasteiger partial charge in [0.25, 0.3) is 0 Å². The van der Waals surface area contributed by atoms with Gasteiger partial charge in [-0.15, -0.1) is 9.98 Å². The Morgan fingerprint density at radius 3 is 1.41 bits per heavy atom. The number of hydrogen-bond acceptors (Lipinski definition) is 13. The Balaban J connectivity index is 3.39. The minimum absolute atomic E-state index is 0.00725. The molecule has 1 aromatic rings. The zero-order valence-corrected chi connectivity index (χ0v) is 45.0. The first-order valence-electron chi connectivity index (χ1n) is 23.6. The molecule has 6 amide bonds. The normalized spacial score (nSPS) is 12.9. The lowest BCUT2D eigenvalue weighted by molar-refractivity contribution is 0.0281. The second kappa shape index (κ2) is 26.7. The van der Waals surface area contributed by atoms with Crippen LogP contribution in [0.5, 0.6) is 0 Å². The van der Waals surface area contributed by atoms with E-state index in [1.54, 1.807) is 161 Å². The van der Waals surface area contributed by atoms with Crippen LogP contribution in [0.3, 0.4) is 0 Å². The number of hydrogen-bond donors (Lipinski definition) is 4. The third kappa shape index (κ3) is 29.6. The summed E-state index contributed by atoms with van der Waals surface area (Å²) in [6.07, 6.45) is 2.04. The number of unbranched alkanes of at least 4 members (excludes halogenated alkanes) is 5. The summed E-state index contributed by atoms with van der Waals surface area (Å²) >= 11 is 0. The number of aliphatic imine (C=N–C) groups is 2. The highest BCUT2D eigenvalue weighted by Crippen LogP contribution is 2.19. The van der Waals surface area contributed by atoms with Crippen LogP contribution in [-0.4, -0.2) is 117 Å². The average Bonchev–Trinajstić information content (AvgIpc) is 3.12. The lowest BCUT2D eigenvalue weighted by Gasteiger charge is -2.33. The van der Waals surface area contributed by atoms with Gasteiger partial charge >= 0.3 is 36.6 Å². The number of ether oxygens (including phenoxy) is 6. The highest BCUT2D eigenvalue weighted by atomic mass is 16.6. The molecule has 0 aliphatic carbocycles. The maximum Gasteiger partial charge on any atom is 0.437 e. The molecule has 20 heteroatoms. The lowest BCUT2D eigenvalue weighted by Crippen LogP contribution is -2.53. The smallest absolute Gasteiger partial charge is 0.437 e. The number of guanidine groups is 2. The summed E-state index contributed by atoms with van der Waals surface area (Å²) in [7, 11) is 0. The zero-order valence-electron chi connectivity index (χ0n) is 45.0. The lowest BCUT2D eigenvalue weighted by atomic mass is 10.1. The Morgan fingerprint density at radius 1 is 0.529 bits per heavy atom. The van der Waals surface area contributed by atoms with Crippen molar-refractivity contribution in [1.82, 2.24) is 25.8 Å². The molecule has 0 atom stereocenters. The van der Waals surface area contributed by atoms with Gasteiger partial charge in [0, 0.05) is 18.7 Å². The average molecular weight is 987 g/mol. The van der Waals surface area contributed by atoms with Crippen LogP contribution in [0.4, 0.5) is 28.8 Å². The Morgan fingerprint density at radius 2 is 0.943 bits per heavy atom. The van der Waals surface area contributed by atoms with E-state index in [1.165, 1.54) is 0 Å². The molecule has 20 nitrogen and oxygen atoms in total. The SMILES string of the molecule is CC(C)(C)OC(=O)/N=C(/NCCCCCCCCN(C(=O)OC(C)(C)C)/C(=N\C(=O)OC(C)(C)C)N(C/C=C/c1ccc(C(=N)NC(=O)OC(C)(C)C)cc1)C(=O)OC(C)(C)C)NC(=O)OC(C)(C)C. The molecule has 0 saturated heterocycles. The molecule has 1 aromatic carbocycles.